The van der Waals surface area contributed by atoms with Gasteiger partial charge in [0.25, 0.3) is 5.92 Å². The van der Waals surface area contributed by atoms with E-state index in [0.29, 0.717) is 18.3 Å². The lowest BCUT2D eigenvalue weighted by Crippen LogP contribution is -2.55. The Kier molecular flexibility index (Phi) is 1.80. The van der Waals surface area contributed by atoms with Gasteiger partial charge in [0.1, 0.15) is 0 Å². The third kappa shape index (κ3) is 1.82. The minimum atomic E-state index is -2.53. The van der Waals surface area contributed by atoms with Gasteiger partial charge in [0.15, 0.2) is 0 Å². The van der Waals surface area contributed by atoms with Crippen LogP contribution in [0.4, 0.5) is 8.78 Å². The zero-order chi connectivity index (χ0) is 9.47. The Hall–Kier alpha value is -1.04. The number of aryl methyl sites for hydroxylation is 1. The molecule has 1 saturated heterocycles. The first-order valence-electron chi connectivity index (χ1n) is 3.94. The van der Waals surface area contributed by atoms with Crippen molar-refractivity contribution in [3.63, 3.8) is 0 Å². The molecule has 1 aromatic rings. The Morgan fingerprint density at radius 2 is 2.15 bits per heavy atom. The van der Waals surface area contributed by atoms with E-state index in [1.54, 1.807) is 11.8 Å². The second-order valence-corrected chi connectivity index (χ2v) is 3.22. The molecule has 2 rings (SSSR count). The first-order valence-corrected chi connectivity index (χ1v) is 3.94. The Labute approximate surface area is 73.5 Å². The maximum absolute atomic E-state index is 12.4. The molecule has 72 valence electrons. The largest absolute Gasteiger partial charge is 0.424 e. The molecule has 2 heterocycles. The Balaban J connectivity index is 1.87. The molecule has 1 fully saturated rings. The van der Waals surface area contributed by atoms with Crippen LogP contribution in [0.3, 0.4) is 0 Å². The first kappa shape index (κ1) is 8.55. The summed E-state index contributed by atoms with van der Waals surface area (Å²) in [5.41, 5.74) is 0. The third-order valence-electron chi connectivity index (χ3n) is 1.84. The molecule has 0 bridgehead atoms. The van der Waals surface area contributed by atoms with E-state index < -0.39 is 5.92 Å². The fourth-order valence-corrected chi connectivity index (χ4v) is 1.31. The summed E-state index contributed by atoms with van der Waals surface area (Å²) in [6.45, 7) is 1.56. The number of halogens is 2. The van der Waals surface area contributed by atoms with Gasteiger partial charge in [-0.25, -0.2) is 8.78 Å². The van der Waals surface area contributed by atoms with Gasteiger partial charge >= 0.3 is 0 Å². The fourth-order valence-electron chi connectivity index (χ4n) is 1.31. The monoisotopic (exact) mass is 189 g/mol. The van der Waals surface area contributed by atoms with Crippen molar-refractivity contribution in [1.82, 2.24) is 15.1 Å². The summed E-state index contributed by atoms with van der Waals surface area (Å²) in [6, 6.07) is 0. The Morgan fingerprint density at radius 3 is 2.62 bits per heavy atom. The van der Waals surface area contributed by atoms with E-state index in [4.69, 9.17) is 4.42 Å². The van der Waals surface area contributed by atoms with Crippen molar-refractivity contribution >= 4 is 0 Å². The van der Waals surface area contributed by atoms with Crippen LogP contribution in [-0.2, 0) is 6.54 Å². The van der Waals surface area contributed by atoms with Gasteiger partial charge in [0.2, 0.25) is 11.8 Å². The van der Waals surface area contributed by atoms with E-state index in [1.165, 1.54) is 0 Å². The molecule has 1 aliphatic rings. The van der Waals surface area contributed by atoms with Crippen LogP contribution in [0.5, 0.6) is 0 Å². The van der Waals surface area contributed by atoms with Crippen molar-refractivity contribution in [2.75, 3.05) is 13.1 Å². The van der Waals surface area contributed by atoms with Gasteiger partial charge in [-0.3, -0.25) is 4.90 Å². The minimum absolute atomic E-state index is 0.214. The van der Waals surface area contributed by atoms with Crippen LogP contribution >= 0.6 is 0 Å². The quantitative estimate of drug-likeness (QED) is 0.691. The van der Waals surface area contributed by atoms with E-state index in [-0.39, 0.29) is 13.1 Å². The summed E-state index contributed by atoms with van der Waals surface area (Å²) in [4.78, 5) is 1.56. The van der Waals surface area contributed by atoms with Crippen LogP contribution in [0.2, 0.25) is 0 Å². The molecule has 0 unspecified atom stereocenters. The SMILES string of the molecule is Cc1nnc(CN2CC(F)(F)C2)o1. The van der Waals surface area contributed by atoms with E-state index in [0.717, 1.165) is 0 Å². The lowest BCUT2D eigenvalue weighted by Gasteiger charge is -2.37. The summed E-state index contributed by atoms with van der Waals surface area (Å²) >= 11 is 0. The molecule has 0 atom stereocenters. The van der Waals surface area contributed by atoms with Crippen molar-refractivity contribution in [2.45, 2.75) is 19.4 Å². The summed E-state index contributed by atoms with van der Waals surface area (Å²) in [5, 5.41) is 7.32. The molecule has 4 nitrogen and oxygen atoms in total. The van der Waals surface area contributed by atoms with Gasteiger partial charge in [-0.2, -0.15) is 0 Å². The molecule has 0 N–H and O–H groups in total. The maximum atomic E-state index is 12.4. The molecule has 0 radical (unpaired) electrons. The summed E-state index contributed by atoms with van der Waals surface area (Å²) in [5.74, 6) is -1.68. The highest BCUT2D eigenvalue weighted by molar-refractivity contribution is 4.90. The molecule has 13 heavy (non-hydrogen) atoms. The molecule has 6 heteroatoms. The minimum Gasteiger partial charge on any atom is -0.424 e. The molecule has 1 aromatic heterocycles. The van der Waals surface area contributed by atoms with Crippen molar-refractivity contribution in [3.8, 4) is 0 Å². The number of hydrogen-bond donors (Lipinski definition) is 0. The van der Waals surface area contributed by atoms with Crippen LogP contribution in [0.1, 0.15) is 11.8 Å². The normalized spacial score (nSPS) is 21.5. The van der Waals surface area contributed by atoms with Crippen LogP contribution in [0.25, 0.3) is 0 Å². The van der Waals surface area contributed by atoms with E-state index in [2.05, 4.69) is 10.2 Å². The van der Waals surface area contributed by atoms with Gasteiger partial charge in [0.05, 0.1) is 19.6 Å². The highest BCUT2D eigenvalue weighted by atomic mass is 19.3. The van der Waals surface area contributed by atoms with Gasteiger partial charge in [-0.05, 0) is 0 Å². The number of likely N-dealkylation sites (tertiary alicyclic amines) is 1. The van der Waals surface area contributed by atoms with E-state index >= 15 is 0 Å². The number of aromatic nitrogens is 2. The van der Waals surface area contributed by atoms with Crippen molar-refractivity contribution in [3.05, 3.63) is 11.8 Å². The molecule has 0 amide bonds. The number of hydrogen-bond acceptors (Lipinski definition) is 4. The number of rotatable bonds is 2. The van der Waals surface area contributed by atoms with E-state index in [1.807, 2.05) is 0 Å². The third-order valence-corrected chi connectivity index (χ3v) is 1.84. The summed E-state index contributed by atoms with van der Waals surface area (Å²) < 4.78 is 29.8. The lowest BCUT2D eigenvalue weighted by atomic mass is 10.1. The molecular weight excluding hydrogens is 180 g/mol. The average molecular weight is 189 g/mol. The highest BCUT2D eigenvalue weighted by Crippen LogP contribution is 2.27. The molecule has 0 saturated carbocycles. The van der Waals surface area contributed by atoms with Gasteiger partial charge < -0.3 is 4.42 Å². The van der Waals surface area contributed by atoms with Crippen molar-refractivity contribution < 1.29 is 13.2 Å². The Morgan fingerprint density at radius 1 is 1.46 bits per heavy atom. The standard InChI is InChI=1S/C7H9F2N3O/c1-5-10-11-6(13-5)2-12-3-7(8,9)4-12/h2-4H2,1H3. The molecule has 0 aromatic carbocycles. The number of nitrogens with zero attached hydrogens (tertiary/aromatic N) is 3. The topological polar surface area (TPSA) is 42.2 Å². The number of alkyl halides is 2. The van der Waals surface area contributed by atoms with Crippen molar-refractivity contribution in [1.29, 1.82) is 0 Å². The van der Waals surface area contributed by atoms with Crippen LogP contribution < -0.4 is 0 Å². The second-order valence-electron chi connectivity index (χ2n) is 3.22. The molecule has 1 aliphatic heterocycles. The zero-order valence-corrected chi connectivity index (χ0v) is 7.13. The van der Waals surface area contributed by atoms with Gasteiger partial charge in [0, 0.05) is 6.92 Å². The van der Waals surface area contributed by atoms with Crippen LogP contribution in [0.15, 0.2) is 4.42 Å². The maximum Gasteiger partial charge on any atom is 0.272 e. The predicted molar refractivity (Wildman–Crippen MR) is 39.3 cm³/mol. The fraction of sp³-hybridized carbons (Fsp3) is 0.714. The van der Waals surface area contributed by atoms with Crippen LogP contribution in [-0.4, -0.2) is 34.1 Å². The van der Waals surface area contributed by atoms with Gasteiger partial charge in [-0.1, -0.05) is 0 Å². The van der Waals surface area contributed by atoms with Crippen molar-refractivity contribution in [2.24, 2.45) is 0 Å². The summed E-state index contributed by atoms with van der Waals surface area (Å²) in [6.07, 6.45) is 0. The zero-order valence-electron chi connectivity index (χ0n) is 7.13. The van der Waals surface area contributed by atoms with Gasteiger partial charge in [-0.15, -0.1) is 10.2 Å². The smallest absolute Gasteiger partial charge is 0.272 e. The van der Waals surface area contributed by atoms with Crippen LogP contribution in [0, 0.1) is 6.92 Å². The molecule has 0 spiro atoms. The predicted octanol–water partition coefficient (Wildman–Crippen LogP) is 0.829. The van der Waals surface area contributed by atoms with E-state index in [9.17, 15) is 8.78 Å². The summed E-state index contributed by atoms with van der Waals surface area (Å²) in [7, 11) is 0. The highest BCUT2D eigenvalue weighted by Gasteiger charge is 2.44. The molecular formula is C7H9F2N3O. The molecule has 0 aliphatic carbocycles. The second kappa shape index (κ2) is 2.73. The Bertz CT molecular complexity index is 304. The lowest BCUT2D eigenvalue weighted by molar-refractivity contribution is -0.135. The average Bonchev–Trinajstić information content (AvgIpc) is 2.31. The first-order chi connectivity index (χ1) is 6.05.